The van der Waals surface area contributed by atoms with E-state index in [2.05, 4.69) is 5.32 Å². The first-order chi connectivity index (χ1) is 11.4. The van der Waals surface area contributed by atoms with Gasteiger partial charge in [-0.3, -0.25) is 4.79 Å². The van der Waals surface area contributed by atoms with Gasteiger partial charge in [0.2, 0.25) is 5.91 Å². The SMILES string of the molecule is COc1ccc2oc(C(C)NC(=O)CC3(O)CCCC3)c(C)c2c1. The normalized spacial score (nSPS) is 17.8. The highest BCUT2D eigenvalue weighted by atomic mass is 16.5. The molecule has 1 fully saturated rings. The van der Waals surface area contributed by atoms with E-state index >= 15 is 0 Å². The summed E-state index contributed by atoms with van der Waals surface area (Å²) in [5, 5.41) is 14.3. The zero-order valence-electron chi connectivity index (χ0n) is 14.5. The van der Waals surface area contributed by atoms with E-state index in [1.165, 1.54) is 0 Å². The molecule has 24 heavy (non-hydrogen) atoms. The minimum atomic E-state index is -0.833. The number of aryl methyl sites for hydroxylation is 1. The number of carbonyl (C=O) groups is 1. The Hall–Kier alpha value is -2.01. The van der Waals surface area contributed by atoms with Gasteiger partial charge < -0.3 is 19.6 Å². The number of furan rings is 1. The summed E-state index contributed by atoms with van der Waals surface area (Å²) in [6.45, 7) is 3.88. The zero-order chi connectivity index (χ0) is 17.3. The molecule has 0 spiro atoms. The van der Waals surface area contributed by atoms with Crippen molar-refractivity contribution in [2.24, 2.45) is 0 Å². The number of aliphatic hydroxyl groups is 1. The third-order valence-electron chi connectivity index (χ3n) is 4.97. The van der Waals surface area contributed by atoms with E-state index in [0.717, 1.165) is 40.9 Å². The van der Waals surface area contributed by atoms with Crippen LogP contribution in [0.2, 0.25) is 0 Å². The molecule has 1 aromatic heterocycles. The summed E-state index contributed by atoms with van der Waals surface area (Å²) in [5.74, 6) is 1.38. The fraction of sp³-hybridized carbons (Fsp3) is 0.526. The van der Waals surface area contributed by atoms with Crippen LogP contribution < -0.4 is 10.1 Å². The van der Waals surface area contributed by atoms with Crippen LogP contribution in [0.4, 0.5) is 0 Å². The summed E-state index contributed by atoms with van der Waals surface area (Å²) in [4.78, 5) is 12.3. The highest BCUT2D eigenvalue weighted by Gasteiger charge is 2.34. The molecular weight excluding hydrogens is 306 g/mol. The predicted octanol–water partition coefficient (Wildman–Crippen LogP) is 3.62. The van der Waals surface area contributed by atoms with Crippen LogP contribution in [0, 0.1) is 6.92 Å². The summed E-state index contributed by atoms with van der Waals surface area (Å²) in [7, 11) is 1.63. The molecule has 1 aliphatic rings. The van der Waals surface area contributed by atoms with E-state index in [-0.39, 0.29) is 18.4 Å². The lowest BCUT2D eigenvalue weighted by atomic mass is 9.97. The topological polar surface area (TPSA) is 71.7 Å². The van der Waals surface area contributed by atoms with Crippen molar-refractivity contribution < 1.29 is 19.1 Å². The van der Waals surface area contributed by atoms with E-state index in [0.29, 0.717) is 12.8 Å². The van der Waals surface area contributed by atoms with E-state index in [1.807, 2.05) is 32.0 Å². The van der Waals surface area contributed by atoms with Crippen LogP contribution in [0.15, 0.2) is 22.6 Å². The first kappa shape index (κ1) is 16.8. The first-order valence-electron chi connectivity index (χ1n) is 8.51. The third-order valence-corrected chi connectivity index (χ3v) is 4.97. The molecule has 0 aliphatic heterocycles. The van der Waals surface area contributed by atoms with Gasteiger partial charge in [0.15, 0.2) is 0 Å². The number of carbonyl (C=O) groups excluding carboxylic acids is 1. The molecule has 1 amide bonds. The Morgan fingerprint density at radius 3 is 2.79 bits per heavy atom. The van der Waals surface area contributed by atoms with Crippen LogP contribution >= 0.6 is 0 Å². The van der Waals surface area contributed by atoms with Crippen molar-refractivity contribution in [2.45, 2.75) is 57.6 Å². The second-order valence-corrected chi connectivity index (χ2v) is 6.85. The fourth-order valence-corrected chi connectivity index (χ4v) is 3.63. The number of hydrogen-bond donors (Lipinski definition) is 2. The van der Waals surface area contributed by atoms with Gasteiger partial charge in [-0.15, -0.1) is 0 Å². The van der Waals surface area contributed by atoms with E-state index in [9.17, 15) is 9.90 Å². The first-order valence-corrected chi connectivity index (χ1v) is 8.51. The van der Waals surface area contributed by atoms with Crippen molar-refractivity contribution in [3.05, 3.63) is 29.5 Å². The van der Waals surface area contributed by atoms with Gasteiger partial charge in [0.05, 0.1) is 25.2 Å². The minimum Gasteiger partial charge on any atom is -0.497 e. The molecule has 0 radical (unpaired) electrons. The van der Waals surface area contributed by atoms with Crippen LogP contribution in [-0.4, -0.2) is 23.7 Å². The maximum Gasteiger partial charge on any atom is 0.223 e. The van der Waals surface area contributed by atoms with Gasteiger partial charge >= 0.3 is 0 Å². The summed E-state index contributed by atoms with van der Waals surface area (Å²) in [6.07, 6.45) is 3.55. The molecule has 1 atom stereocenters. The van der Waals surface area contributed by atoms with Gasteiger partial charge in [-0.05, 0) is 44.9 Å². The number of benzene rings is 1. The molecule has 1 unspecified atom stereocenters. The lowest BCUT2D eigenvalue weighted by Gasteiger charge is -2.22. The Morgan fingerprint density at radius 1 is 1.42 bits per heavy atom. The molecule has 0 bridgehead atoms. The van der Waals surface area contributed by atoms with Crippen molar-refractivity contribution in [2.75, 3.05) is 7.11 Å². The summed E-state index contributed by atoms with van der Waals surface area (Å²) in [6, 6.07) is 5.42. The molecular formula is C19H25NO4. The number of hydrogen-bond acceptors (Lipinski definition) is 4. The van der Waals surface area contributed by atoms with Gasteiger partial charge in [0, 0.05) is 10.9 Å². The minimum absolute atomic E-state index is 0.135. The van der Waals surface area contributed by atoms with E-state index in [1.54, 1.807) is 7.11 Å². The highest BCUT2D eigenvalue weighted by Crippen LogP contribution is 2.34. The van der Waals surface area contributed by atoms with Gasteiger partial charge in [0.1, 0.15) is 17.1 Å². The van der Waals surface area contributed by atoms with Crippen LogP contribution in [0.3, 0.4) is 0 Å². The Kier molecular flexibility index (Phi) is 4.54. The number of nitrogens with one attached hydrogen (secondary N) is 1. The smallest absolute Gasteiger partial charge is 0.223 e. The summed E-state index contributed by atoms with van der Waals surface area (Å²) in [5.41, 5.74) is 0.940. The van der Waals surface area contributed by atoms with Crippen molar-refractivity contribution in [1.82, 2.24) is 5.32 Å². The Labute approximate surface area is 142 Å². The standard InChI is InChI=1S/C19H25NO4/c1-12-15-10-14(23-3)6-7-16(15)24-18(12)13(2)20-17(21)11-19(22)8-4-5-9-19/h6-7,10,13,22H,4-5,8-9,11H2,1-3H3,(H,20,21). The predicted molar refractivity (Wildman–Crippen MR) is 92.1 cm³/mol. The fourth-order valence-electron chi connectivity index (χ4n) is 3.63. The summed E-state index contributed by atoms with van der Waals surface area (Å²) < 4.78 is 11.2. The molecule has 5 nitrogen and oxygen atoms in total. The number of fused-ring (bicyclic) bond motifs is 1. The Balaban J connectivity index is 1.74. The molecule has 130 valence electrons. The lowest BCUT2D eigenvalue weighted by molar-refractivity contribution is -0.126. The molecule has 1 aromatic carbocycles. The number of amides is 1. The highest BCUT2D eigenvalue weighted by molar-refractivity contribution is 5.84. The Morgan fingerprint density at radius 2 is 2.12 bits per heavy atom. The molecule has 1 aliphatic carbocycles. The number of methoxy groups -OCH3 is 1. The number of ether oxygens (including phenoxy) is 1. The quantitative estimate of drug-likeness (QED) is 0.878. The maximum absolute atomic E-state index is 12.3. The maximum atomic E-state index is 12.3. The van der Waals surface area contributed by atoms with Gasteiger partial charge in [-0.1, -0.05) is 12.8 Å². The van der Waals surface area contributed by atoms with E-state index < -0.39 is 5.60 Å². The van der Waals surface area contributed by atoms with Crippen molar-refractivity contribution >= 4 is 16.9 Å². The Bertz CT molecular complexity index is 743. The van der Waals surface area contributed by atoms with Crippen molar-refractivity contribution in [1.29, 1.82) is 0 Å². The van der Waals surface area contributed by atoms with Crippen LogP contribution in [-0.2, 0) is 4.79 Å². The third kappa shape index (κ3) is 3.26. The second-order valence-electron chi connectivity index (χ2n) is 6.85. The van der Waals surface area contributed by atoms with Crippen molar-refractivity contribution in [3.63, 3.8) is 0 Å². The average Bonchev–Trinajstić information content (AvgIpc) is 3.11. The lowest BCUT2D eigenvalue weighted by Crippen LogP contribution is -2.35. The molecule has 2 N–H and O–H groups in total. The van der Waals surface area contributed by atoms with Crippen LogP contribution in [0.5, 0.6) is 5.75 Å². The summed E-state index contributed by atoms with van der Waals surface area (Å²) >= 11 is 0. The van der Waals surface area contributed by atoms with Gasteiger partial charge in [-0.2, -0.15) is 0 Å². The van der Waals surface area contributed by atoms with Gasteiger partial charge in [-0.25, -0.2) is 0 Å². The van der Waals surface area contributed by atoms with Crippen LogP contribution in [0.25, 0.3) is 11.0 Å². The van der Waals surface area contributed by atoms with Crippen molar-refractivity contribution in [3.8, 4) is 5.75 Å². The molecule has 2 aromatic rings. The molecule has 0 saturated heterocycles. The molecule has 1 heterocycles. The monoisotopic (exact) mass is 331 g/mol. The largest absolute Gasteiger partial charge is 0.497 e. The molecule has 5 heteroatoms. The van der Waals surface area contributed by atoms with E-state index in [4.69, 9.17) is 9.15 Å². The molecule has 1 saturated carbocycles. The average molecular weight is 331 g/mol. The zero-order valence-corrected chi connectivity index (χ0v) is 14.5. The molecule has 3 rings (SSSR count). The van der Waals surface area contributed by atoms with Gasteiger partial charge in [0.25, 0.3) is 0 Å². The second kappa shape index (κ2) is 6.48. The van der Waals surface area contributed by atoms with Crippen LogP contribution in [0.1, 0.15) is 56.4 Å². The number of rotatable bonds is 5.